The molecule has 188 valence electrons. The number of rotatable bonds is 5. The Morgan fingerprint density at radius 3 is 2.51 bits per heavy atom. The second kappa shape index (κ2) is 8.90. The van der Waals surface area contributed by atoms with Gasteiger partial charge in [0.15, 0.2) is 17.3 Å². The maximum Gasteiger partial charge on any atom is 0.261 e. The number of aromatic amines is 1. The highest BCUT2D eigenvalue weighted by Crippen LogP contribution is 2.39. The molecular formula is C27H23N3O7. The lowest BCUT2D eigenvalue weighted by Gasteiger charge is -2.09. The Labute approximate surface area is 210 Å². The van der Waals surface area contributed by atoms with Gasteiger partial charge in [-0.1, -0.05) is 0 Å². The molecule has 5 rings (SSSR count). The molecule has 10 heteroatoms. The Morgan fingerprint density at radius 2 is 1.78 bits per heavy atom. The van der Waals surface area contributed by atoms with E-state index in [2.05, 4.69) is 9.97 Å². The number of methoxy groups -OCH3 is 2. The van der Waals surface area contributed by atoms with E-state index in [0.29, 0.717) is 16.8 Å². The van der Waals surface area contributed by atoms with Crippen LogP contribution in [0.25, 0.3) is 45.0 Å². The third-order valence-electron chi connectivity index (χ3n) is 6.12. The van der Waals surface area contributed by atoms with Crippen molar-refractivity contribution in [3.8, 4) is 57.1 Å². The standard InChI is InChI=1S/C27H23N3O7/c1-13-9-20(32)24(33)25(37-13)23-22(15-6-8-19(31)21(11-15)36-4)28-26(29-23)17-10-14-5-7-16(35-3)12-18(14)30(2)27(17)34/h5-12,31,33H,1-4H3,(H,28,29). The molecule has 0 spiro atoms. The molecule has 3 heterocycles. The highest BCUT2D eigenvalue weighted by Gasteiger charge is 2.24. The molecule has 0 atom stereocenters. The number of aryl methyl sites for hydroxylation is 2. The Balaban J connectivity index is 1.81. The molecular weight excluding hydrogens is 478 g/mol. The van der Waals surface area contributed by atoms with Gasteiger partial charge in [-0.05, 0) is 48.7 Å². The first-order chi connectivity index (χ1) is 17.7. The molecule has 0 radical (unpaired) electrons. The van der Waals surface area contributed by atoms with Crippen molar-refractivity contribution in [1.82, 2.24) is 14.5 Å². The molecule has 5 aromatic rings. The number of phenolic OH excluding ortho intramolecular Hbond substituents is 1. The van der Waals surface area contributed by atoms with Gasteiger partial charge in [0.2, 0.25) is 11.2 Å². The van der Waals surface area contributed by atoms with Gasteiger partial charge in [0.25, 0.3) is 5.56 Å². The first-order valence-electron chi connectivity index (χ1n) is 11.2. The number of aromatic hydroxyl groups is 2. The number of nitrogens with one attached hydrogen (secondary N) is 1. The number of ether oxygens (including phenoxy) is 2. The number of hydrogen-bond acceptors (Lipinski definition) is 8. The van der Waals surface area contributed by atoms with Crippen molar-refractivity contribution >= 4 is 10.9 Å². The molecule has 37 heavy (non-hydrogen) atoms. The summed E-state index contributed by atoms with van der Waals surface area (Å²) in [5.41, 5.74) is 0.911. The van der Waals surface area contributed by atoms with Gasteiger partial charge in [0.1, 0.15) is 28.7 Å². The molecule has 0 aliphatic carbocycles. The van der Waals surface area contributed by atoms with Crippen molar-refractivity contribution in [2.24, 2.45) is 7.05 Å². The fourth-order valence-electron chi connectivity index (χ4n) is 4.21. The lowest BCUT2D eigenvalue weighted by molar-refractivity contribution is 0.373. The maximum absolute atomic E-state index is 13.4. The fraction of sp³-hybridized carbons (Fsp3) is 0.148. The molecule has 0 amide bonds. The van der Waals surface area contributed by atoms with Crippen LogP contribution in [-0.2, 0) is 7.05 Å². The normalized spacial score (nSPS) is 11.1. The van der Waals surface area contributed by atoms with Crippen molar-refractivity contribution < 1.29 is 24.1 Å². The van der Waals surface area contributed by atoms with E-state index in [1.54, 1.807) is 51.4 Å². The molecule has 2 aromatic carbocycles. The zero-order chi connectivity index (χ0) is 26.4. The van der Waals surface area contributed by atoms with E-state index in [1.165, 1.54) is 23.8 Å². The lowest BCUT2D eigenvalue weighted by atomic mass is 10.1. The minimum absolute atomic E-state index is 0.0766. The molecule has 0 unspecified atom stereocenters. The molecule has 0 fully saturated rings. The van der Waals surface area contributed by atoms with Gasteiger partial charge in [-0.3, -0.25) is 9.59 Å². The van der Waals surface area contributed by atoms with Crippen molar-refractivity contribution in [2.45, 2.75) is 6.92 Å². The van der Waals surface area contributed by atoms with Gasteiger partial charge in [-0.2, -0.15) is 0 Å². The van der Waals surface area contributed by atoms with Crippen LogP contribution in [0.4, 0.5) is 0 Å². The molecule has 0 aliphatic heterocycles. The van der Waals surface area contributed by atoms with Gasteiger partial charge < -0.3 is 33.7 Å². The summed E-state index contributed by atoms with van der Waals surface area (Å²) in [6, 6.07) is 12.8. The zero-order valence-electron chi connectivity index (χ0n) is 20.4. The van der Waals surface area contributed by atoms with E-state index < -0.39 is 11.2 Å². The summed E-state index contributed by atoms with van der Waals surface area (Å²) in [6.45, 7) is 1.58. The van der Waals surface area contributed by atoms with Crippen molar-refractivity contribution in [2.75, 3.05) is 14.2 Å². The number of aromatic nitrogens is 3. The van der Waals surface area contributed by atoms with E-state index >= 15 is 0 Å². The molecule has 10 nitrogen and oxygen atoms in total. The average molecular weight is 501 g/mol. The Hall–Kier alpha value is -4.99. The minimum Gasteiger partial charge on any atom is -0.504 e. The number of phenols is 1. The summed E-state index contributed by atoms with van der Waals surface area (Å²) in [4.78, 5) is 33.5. The fourth-order valence-corrected chi connectivity index (χ4v) is 4.21. The second-order valence-electron chi connectivity index (χ2n) is 8.44. The van der Waals surface area contributed by atoms with Gasteiger partial charge in [-0.25, -0.2) is 4.98 Å². The summed E-state index contributed by atoms with van der Waals surface area (Å²) in [6.07, 6.45) is 0. The van der Waals surface area contributed by atoms with E-state index in [1.807, 2.05) is 6.07 Å². The monoisotopic (exact) mass is 501 g/mol. The second-order valence-corrected chi connectivity index (χ2v) is 8.44. The molecule has 0 saturated carbocycles. The van der Waals surface area contributed by atoms with Crippen LogP contribution in [0.15, 0.2) is 62.5 Å². The van der Waals surface area contributed by atoms with E-state index in [4.69, 9.17) is 13.9 Å². The number of hydrogen-bond donors (Lipinski definition) is 3. The largest absolute Gasteiger partial charge is 0.504 e. The third kappa shape index (κ3) is 3.98. The van der Waals surface area contributed by atoms with Crippen LogP contribution in [-0.4, -0.2) is 39.0 Å². The number of fused-ring (bicyclic) bond motifs is 1. The predicted octanol–water partition coefficient (Wildman–Crippen LogP) is 3.95. The number of imidazole rings is 1. The zero-order valence-corrected chi connectivity index (χ0v) is 20.4. The van der Waals surface area contributed by atoms with Crippen LogP contribution in [0.5, 0.6) is 23.0 Å². The van der Waals surface area contributed by atoms with Crippen LogP contribution < -0.4 is 20.5 Å². The van der Waals surface area contributed by atoms with Crippen LogP contribution in [0.3, 0.4) is 0 Å². The van der Waals surface area contributed by atoms with Crippen LogP contribution in [0.1, 0.15) is 5.76 Å². The summed E-state index contributed by atoms with van der Waals surface area (Å²) in [7, 11) is 4.61. The summed E-state index contributed by atoms with van der Waals surface area (Å²) >= 11 is 0. The summed E-state index contributed by atoms with van der Waals surface area (Å²) < 4.78 is 17.7. The van der Waals surface area contributed by atoms with Crippen LogP contribution in [0.2, 0.25) is 0 Å². The number of pyridine rings is 1. The molecule has 3 aromatic heterocycles. The predicted molar refractivity (Wildman–Crippen MR) is 137 cm³/mol. The van der Waals surface area contributed by atoms with Gasteiger partial charge in [0, 0.05) is 24.7 Å². The Morgan fingerprint density at radius 1 is 1.00 bits per heavy atom. The van der Waals surface area contributed by atoms with E-state index in [0.717, 1.165) is 5.39 Å². The molecule has 0 saturated heterocycles. The van der Waals surface area contributed by atoms with Crippen molar-refractivity contribution in [1.29, 1.82) is 0 Å². The van der Waals surface area contributed by atoms with Gasteiger partial charge in [-0.15, -0.1) is 0 Å². The summed E-state index contributed by atoms with van der Waals surface area (Å²) in [5.74, 6) is 0.465. The lowest BCUT2D eigenvalue weighted by Crippen LogP contribution is -2.19. The molecule has 0 aliphatic rings. The third-order valence-corrected chi connectivity index (χ3v) is 6.12. The molecule has 3 N–H and O–H groups in total. The maximum atomic E-state index is 13.4. The average Bonchev–Trinajstić information content (AvgIpc) is 3.33. The molecule has 0 bridgehead atoms. The quantitative estimate of drug-likeness (QED) is 0.329. The van der Waals surface area contributed by atoms with Crippen LogP contribution >= 0.6 is 0 Å². The Bertz CT molecular complexity index is 1800. The first-order valence-corrected chi connectivity index (χ1v) is 11.2. The highest BCUT2D eigenvalue weighted by molar-refractivity contribution is 5.86. The van der Waals surface area contributed by atoms with Crippen molar-refractivity contribution in [3.05, 3.63) is 74.9 Å². The van der Waals surface area contributed by atoms with E-state index in [-0.39, 0.29) is 51.4 Å². The van der Waals surface area contributed by atoms with Crippen LogP contribution in [0, 0.1) is 6.92 Å². The van der Waals surface area contributed by atoms with Gasteiger partial charge >= 0.3 is 0 Å². The topological polar surface area (TPSA) is 140 Å². The summed E-state index contributed by atoms with van der Waals surface area (Å²) in [5, 5.41) is 21.4. The van der Waals surface area contributed by atoms with Gasteiger partial charge in [0.05, 0.1) is 25.3 Å². The number of H-pyrrole nitrogens is 1. The minimum atomic E-state index is -0.625. The smallest absolute Gasteiger partial charge is 0.261 e. The SMILES string of the molecule is COc1ccc2cc(-c3nc(-c4ccc(O)c(OC)c4)c(-c4oc(C)cc(=O)c4O)[nH]3)c(=O)n(C)c2c1. The van der Waals surface area contributed by atoms with E-state index in [9.17, 15) is 19.8 Å². The Kier molecular flexibility index (Phi) is 5.71. The number of nitrogens with zero attached hydrogens (tertiary/aromatic N) is 2. The van der Waals surface area contributed by atoms with Crippen molar-refractivity contribution in [3.63, 3.8) is 0 Å². The highest BCUT2D eigenvalue weighted by atomic mass is 16.5. The first kappa shape index (κ1) is 23.7. The number of benzene rings is 2.